The van der Waals surface area contributed by atoms with Gasteiger partial charge in [0.25, 0.3) is 0 Å². The maximum absolute atomic E-state index is 4.24. The van der Waals surface area contributed by atoms with Crippen molar-refractivity contribution in [3.8, 4) is 0 Å². The summed E-state index contributed by atoms with van der Waals surface area (Å²) in [5.41, 5.74) is 10.3. The first kappa shape index (κ1) is 33.0. The molecule has 0 unspecified atom stereocenters. The molecule has 3 rings (SSSR count). The van der Waals surface area contributed by atoms with Gasteiger partial charge in [-0.25, -0.2) is 0 Å². The molecule has 0 spiro atoms. The van der Waals surface area contributed by atoms with Crippen LogP contribution < -0.4 is 4.90 Å². The molecular weight excluding hydrogens is 446 g/mol. The van der Waals surface area contributed by atoms with Crippen LogP contribution in [0.25, 0.3) is 0 Å². The fourth-order valence-electron chi connectivity index (χ4n) is 5.85. The molecule has 1 aromatic rings. The fraction of sp³-hybridized carbons (Fsp3) is 0.611. The Morgan fingerprint density at radius 3 is 1.84 bits per heavy atom. The molecule has 2 aliphatic rings. The van der Waals surface area contributed by atoms with E-state index in [0.717, 1.165) is 18.8 Å². The molecule has 1 fully saturated rings. The Kier molecular flexibility index (Phi) is 14.3. The second-order valence-corrected chi connectivity index (χ2v) is 11.8. The number of rotatable bonds is 8. The molecule has 0 aromatic heterocycles. The largest absolute Gasteiger partial charge is 0.340 e. The second-order valence-electron chi connectivity index (χ2n) is 11.8. The minimum absolute atomic E-state index is 0.305. The summed E-state index contributed by atoms with van der Waals surface area (Å²) in [4.78, 5) is 2.50. The molecule has 0 aliphatic heterocycles. The molecule has 0 atom stereocenters. The number of benzene rings is 1. The summed E-state index contributed by atoms with van der Waals surface area (Å²) in [5, 5.41) is 0. The van der Waals surface area contributed by atoms with Gasteiger partial charge in [0.05, 0.1) is 0 Å². The van der Waals surface area contributed by atoms with Crippen molar-refractivity contribution < 1.29 is 0 Å². The van der Waals surface area contributed by atoms with Crippen molar-refractivity contribution in [2.24, 2.45) is 11.8 Å². The van der Waals surface area contributed by atoms with Crippen molar-refractivity contribution in [1.82, 2.24) is 0 Å². The smallest absolute Gasteiger partial charge is 0.0445 e. The number of aryl methyl sites for hydroxylation is 1. The number of allylic oxidation sites excluding steroid dienone is 6. The summed E-state index contributed by atoms with van der Waals surface area (Å²) in [6, 6.07) is 9.04. The van der Waals surface area contributed by atoms with Crippen molar-refractivity contribution in [2.45, 2.75) is 133 Å². The van der Waals surface area contributed by atoms with E-state index in [1.807, 2.05) is 6.92 Å². The van der Waals surface area contributed by atoms with Crippen molar-refractivity contribution in [3.05, 3.63) is 77.1 Å². The Morgan fingerprint density at radius 1 is 0.919 bits per heavy atom. The molecule has 0 bridgehead atoms. The number of anilines is 1. The van der Waals surface area contributed by atoms with Gasteiger partial charge < -0.3 is 4.90 Å². The quantitative estimate of drug-likeness (QED) is 0.317. The van der Waals surface area contributed by atoms with Gasteiger partial charge in [-0.05, 0) is 106 Å². The Hall–Kier alpha value is -2.02. The molecule has 1 aromatic carbocycles. The zero-order valence-corrected chi connectivity index (χ0v) is 26.3. The van der Waals surface area contributed by atoms with Crippen molar-refractivity contribution >= 4 is 5.69 Å². The summed E-state index contributed by atoms with van der Waals surface area (Å²) in [6.07, 6.45) is 13.7. The number of nitrogens with zero attached hydrogens (tertiary/aromatic N) is 1. The molecule has 1 saturated carbocycles. The lowest BCUT2D eigenvalue weighted by Crippen LogP contribution is -2.45. The minimum atomic E-state index is 0.305. The summed E-state index contributed by atoms with van der Waals surface area (Å²) in [7, 11) is 0. The highest BCUT2D eigenvalue weighted by atomic mass is 15.2. The third kappa shape index (κ3) is 9.66. The number of hydrogen-bond acceptors (Lipinski definition) is 1. The second kappa shape index (κ2) is 16.1. The average Bonchev–Trinajstić information content (AvgIpc) is 3.34. The maximum Gasteiger partial charge on any atom is 0.0445 e. The van der Waals surface area contributed by atoms with E-state index >= 15 is 0 Å². The summed E-state index contributed by atoms with van der Waals surface area (Å²) in [5.74, 6) is 1.41. The van der Waals surface area contributed by atoms with E-state index < -0.39 is 0 Å². The molecule has 1 nitrogen and oxygen atoms in total. The average molecular weight is 506 g/mol. The predicted molar refractivity (Wildman–Crippen MR) is 169 cm³/mol. The van der Waals surface area contributed by atoms with Gasteiger partial charge in [0, 0.05) is 16.9 Å². The third-order valence-corrected chi connectivity index (χ3v) is 8.27. The van der Waals surface area contributed by atoms with Crippen LogP contribution in [-0.2, 0) is 6.42 Å². The van der Waals surface area contributed by atoms with Gasteiger partial charge >= 0.3 is 0 Å². The molecular formula is C36H59N. The first-order valence-electron chi connectivity index (χ1n) is 15.0. The molecule has 0 saturated heterocycles. The van der Waals surface area contributed by atoms with Gasteiger partial charge in [-0.3, -0.25) is 0 Å². The molecule has 208 valence electrons. The van der Waals surface area contributed by atoms with Crippen LogP contribution in [0.2, 0.25) is 0 Å². The van der Waals surface area contributed by atoms with Crippen LogP contribution in [0.4, 0.5) is 5.69 Å². The van der Waals surface area contributed by atoms with Crippen LogP contribution in [0, 0.1) is 11.8 Å². The van der Waals surface area contributed by atoms with Crippen LogP contribution >= 0.6 is 0 Å². The van der Waals surface area contributed by atoms with E-state index in [1.54, 1.807) is 16.7 Å². The zero-order chi connectivity index (χ0) is 28.2. The first-order valence-corrected chi connectivity index (χ1v) is 15.0. The van der Waals surface area contributed by atoms with E-state index in [9.17, 15) is 0 Å². The van der Waals surface area contributed by atoms with Crippen molar-refractivity contribution in [1.29, 1.82) is 0 Å². The van der Waals surface area contributed by atoms with Crippen LogP contribution in [-0.4, -0.2) is 5.54 Å². The zero-order valence-electron chi connectivity index (χ0n) is 26.3. The molecule has 2 aliphatic carbocycles. The summed E-state index contributed by atoms with van der Waals surface area (Å²) < 4.78 is 0. The topological polar surface area (TPSA) is 3.24 Å². The van der Waals surface area contributed by atoms with Gasteiger partial charge in [-0.15, -0.1) is 6.58 Å². The van der Waals surface area contributed by atoms with E-state index in [4.69, 9.17) is 0 Å². The van der Waals surface area contributed by atoms with Gasteiger partial charge in [0.15, 0.2) is 0 Å². The highest BCUT2D eigenvalue weighted by Gasteiger charge is 2.38. The van der Waals surface area contributed by atoms with Crippen LogP contribution in [0.5, 0.6) is 0 Å². The normalized spacial score (nSPS) is 16.5. The predicted octanol–water partition coefficient (Wildman–Crippen LogP) is 11.6. The van der Waals surface area contributed by atoms with E-state index in [-0.39, 0.29) is 0 Å². The van der Waals surface area contributed by atoms with Crippen LogP contribution in [0.15, 0.2) is 71.5 Å². The molecule has 1 heteroatoms. The van der Waals surface area contributed by atoms with E-state index in [2.05, 4.69) is 111 Å². The molecule has 0 amide bonds. The Bertz CT molecular complexity index is 900. The van der Waals surface area contributed by atoms with Gasteiger partial charge in [-0.1, -0.05) is 97.2 Å². The van der Waals surface area contributed by atoms with Crippen LogP contribution in [0.3, 0.4) is 0 Å². The molecule has 0 radical (unpaired) electrons. The molecule has 0 N–H and O–H groups in total. The van der Waals surface area contributed by atoms with Gasteiger partial charge in [0.1, 0.15) is 0 Å². The molecule has 0 heterocycles. The lowest BCUT2D eigenvalue weighted by Gasteiger charge is -2.43. The monoisotopic (exact) mass is 505 g/mol. The van der Waals surface area contributed by atoms with Crippen molar-refractivity contribution in [3.63, 3.8) is 0 Å². The standard InChI is InChI=1S/C18H27N.C13H22.C5H10/c1-5-16-9-11-17(12-10-16)19(15(3)4)18(6-2)13-7-8-14-18;1-9(2)12-7-6-8-13(10(3)4)11(12)5;1-4-5(2)3/h9-12H,3,5-8,13-14H2,1-2,4H3;7,9-10H,6,8H2,1-5H3;2,4H2,1,3H3. The minimum Gasteiger partial charge on any atom is -0.340 e. The van der Waals surface area contributed by atoms with Crippen molar-refractivity contribution in [2.75, 3.05) is 4.90 Å². The Morgan fingerprint density at radius 2 is 1.46 bits per heavy atom. The van der Waals surface area contributed by atoms with Gasteiger partial charge in [-0.2, -0.15) is 0 Å². The Labute approximate surface area is 231 Å². The maximum atomic E-state index is 4.24. The number of hydrogen-bond donors (Lipinski definition) is 0. The fourth-order valence-corrected chi connectivity index (χ4v) is 5.85. The highest BCUT2D eigenvalue weighted by molar-refractivity contribution is 5.55. The van der Waals surface area contributed by atoms with E-state index in [0.29, 0.717) is 11.5 Å². The first-order chi connectivity index (χ1) is 17.4. The Balaban J connectivity index is 0.000000329. The molecule has 37 heavy (non-hydrogen) atoms. The third-order valence-electron chi connectivity index (χ3n) is 8.27. The lowest BCUT2D eigenvalue weighted by molar-refractivity contribution is 0.403. The van der Waals surface area contributed by atoms with E-state index in [1.165, 1.54) is 67.5 Å². The summed E-state index contributed by atoms with van der Waals surface area (Å²) in [6.45, 7) is 30.2. The van der Waals surface area contributed by atoms with Crippen LogP contribution in [0.1, 0.15) is 126 Å². The highest BCUT2D eigenvalue weighted by Crippen LogP contribution is 2.42. The van der Waals surface area contributed by atoms with Gasteiger partial charge in [0.2, 0.25) is 0 Å². The summed E-state index contributed by atoms with van der Waals surface area (Å²) >= 11 is 0. The SMILES string of the molecule is C=C(C)CC.C=C(C)N(c1ccc(CC)cc1)C1(CC)CCCC1.CC1=C(C(C)C)CCC=C1C(C)C. The lowest BCUT2D eigenvalue weighted by atomic mass is 9.82.